The Morgan fingerprint density at radius 2 is 2.50 bits per heavy atom. The molecular formula is C7H12N4O. The van der Waals surface area contributed by atoms with Crippen molar-refractivity contribution >= 4 is 5.84 Å². The Morgan fingerprint density at radius 1 is 1.83 bits per heavy atom. The summed E-state index contributed by atoms with van der Waals surface area (Å²) in [5, 5.41) is 15.4. The highest BCUT2D eigenvalue weighted by atomic mass is 16.4. The fourth-order valence-corrected chi connectivity index (χ4v) is 1.07. The second-order valence-electron chi connectivity index (χ2n) is 2.44. The van der Waals surface area contributed by atoms with Gasteiger partial charge in [0.2, 0.25) is 0 Å². The summed E-state index contributed by atoms with van der Waals surface area (Å²) in [4.78, 5) is 0. The van der Waals surface area contributed by atoms with Crippen LogP contribution < -0.4 is 5.73 Å². The molecule has 0 aromatic carbocycles. The average molecular weight is 168 g/mol. The second-order valence-corrected chi connectivity index (χ2v) is 2.44. The predicted octanol–water partition coefficient (Wildman–Crippen LogP) is 0.306. The molecule has 0 spiro atoms. The van der Waals surface area contributed by atoms with Gasteiger partial charge in [-0.05, 0) is 13.8 Å². The van der Waals surface area contributed by atoms with Gasteiger partial charge in [0.25, 0.3) is 0 Å². The quantitative estimate of drug-likeness (QED) is 0.289. The molecule has 5 heteroatoms. The summed E-state index contributed by atoms with van der Waals surface area (Å²) in [5.74, 6) is 0.104. The summed E-state index contributed by atoms with van der Waals surface area (Å²) in [7, 11) is 0. The molecule has 0 fully saturated rings. The van der Waals surface area contributed by atoms with Gasteiger partial charge in [0.15, 0.2) is 5.84 Å². The first-order valence-electron chi connectivity index (χ1n) is 3.71. The van der Waals surface area contributed by atoms with Crippen molar-refractivity contribution in [1.82, 2.24) is 9.78 Å². The van der Waals surface area contributed by atoms with Gasteiger partial charge in [-0.25, -0.2) is 0 Å². The number of hydrogen-bond acceptors (Lipinski definition) is 3. The first-order valence-corrected chi connectivity index (χ1v) is 3.71. The number of aryl methyl sites for hydroxylation is 1. The zero-order valence-electron chi connectivity index (χ0n) is 7.15. The third kappa shape index (κ3) is 1.25. The van der Waals surface area contributed by atoms with Crippen molar-refractivity contribution in [1.29, 1.82) is 0 Å². The molecule has 1 rings (SSSR count). The normalized spacial score (nSPS) is 12.0. The summed E-state index contributed by atoms with van der Waals surface area (Å²) in [6, 6.07) is 0. The number of rotatable bonds is 2. The van der Waals surface area contributed by atoms with E-state index in [-0.39, 0.29) is 5.84 Å². The molecule has 0 saturated heterocycles. The van der Waals surface area contributed by atoms with Crippen molar-refractivity contribution in [3.63, 3.8) is 0 Å². The largest absolute Gasteiger partial charge is 0.409 e. The van der Waals surface area contributed by atoms with Crippen molar-refractivity contribution in [2.45, 2.75) is 20.4 Å². The molecule has 1 heterocycles. The average Bonchev–Trinajstić information content (AvgIpc) is 2.45. The third-order valence-electron chi connectivity index (χ3n) is 1.79. The van der Waals surface area contributed by atoms with Crippen molar-refractivity contribution < 1.29 is 5.21 Å². The summed E-state index contributed by atoms with van der Waals surface area (Å²) >= 11 is 0. The molecule has 0 aliphatic heterocycles. The molecule has 12 heavy (non-hydrogen) atoms. The zero-order chi connectivity index (χ0) is 9.14. The van der Waals surface area contributed by atoms with Crippen molar-refractivity contribution in [2.24, 2.45) is 10.9 Å². The smallest absolute Gasteiger partial charge is 0.173 e. The standard InChI is InChI=1S/C7H12N4O/c1-3-11-5(2)6(4-9-11)7(8)10-12/h4,12H,3H2,1-2H3,(H2,8,10). The Bertz CT molecular complexity index is 302. The van der Waals surface area contributed by atoms with E-state index >= 15 is 0 Å². The molecule has 0 amide bonds. The maximum atomic E-state index is 8.42. The van der Waals surface area contributed by atoms with Crippen LogP contribution in [0.5, 0.6) is 0 Å². The Balaban J connectivity index is 3.10. The Kier molecular flexibility index (Phi) is 2.32. The molecule has 0 radical (unpaired) electrons. The summed E-state index contributed by atoms with van der Waals surface area (Å²) < 4.78 is 1.79. The highest BCUT2D eigenvalue weighted by Crippen LogP contribution is 2.05. The second kappa shape index (κ2) is 3.25. The lowest BCUT2D eigenvalue weighted by molar-refractivity contribution is 0.318. The van der Waals surface area contributed by atoms with Crippen LogP contribution in [0.15, 0.2) is 11.4 Å². The van der Waals surface area contributed by atoms with E-state index in [9.17, 15) is 0 Å². The van der Waals surface area contributed by atoms with Gasteiger partial charge < -0.3 is 10.9 Å². The van der Waals surface area contributed by atoms with Crippen LogP contribution in [0.1, 0.15) is 18.2 Å². The summed E-state index contributed by atoms with van der Waals surface area (Å²) in [5.41, 5.74) is 7.00. The molecule has 0 aliphatic carbocycles. The van der Waals surface area contributed by atoms with E-state index in [0.717, 1.165) is 12.2 Å². The van der Waals surface area contributed by atoms with E-state index in [1.54, 1.807) is 10.9 Å². The molecule has 1 aromatic heterocycles. The summed E-state index contributed by atoms with van der Waals surface area (Å²) in [6.07, 6.45) is 1.59. The van der Waals surface area contributed by atoms with Crippen LogP contribution in [-0.2, 0) is 6.54 Å². The molecule has 0 aliphatic rings. The van der Waals surface area contributed by atoms with E-state index in [0.29, 0.717) is 5.56 Å². The molecule has 3 N–H and O–H groups in total. The highest BCUT2D eigenvalue weighted by molar-refractivity contribution is 5.97. The van der Waals surface area contributed by atoms with E-state index in [1.807, 2.05) is 13.8 Å². The number of oxime groups is 1. The van der Waals surface area contributed by atoms with Gasteiger partial charge in [-0.3, -0.25) is 4.68 Å². The minimum absolute atomic E-state index is 0.104. The van der Waals surface area contributed by atoms with Crippen molar-refractivity contribution in [3.8, 4) is 0 Å². The SMILES string of the molecule is CCn1ncc(/C(N)=N\O)c1C. The number of nitrogens with zero attached hydrogens (tertiary/aromatic N) is 3. The molecule has 0 atom stereocenters. The fraction of sp³-hybridized carbons (Fsp3) is 0.429. The van der Waals surface area contributed by atoms with Crippen LogP contribution in [0.4, 0.5) is 0 Å². The Morgan fingerprint density at radius 3 is 2.92 bits per heavy atom. The monoisotopic (exact) mass is 168 g/mol. The van der Waals surface area contributed by atoms with Gasteiger partial charge in [0.1, 0.15) is 0 Å². The molecular weight excluding hydrogens is 156 g/mol. The van der Waals surface area contributed by atoms with Crippen LogP contribution in [0.25, 0.3) is 0 Å². The first kappa shape index (κ1) is 8.58. The third-order valence-corrected chi connectivity index (χ3v) is 1.79. The van der Waals surface area contributed by atoms with Gasteiger partial charge in [-0.1, -0.05) is 5.16 Å². The van der Waals surface area contributed by atoms with Crippen LogP contribution in [0.2, 0.25) is 0 Å². The number of amidine groups is 1. The lowest BCUT2D eigenvalue weighted by Gasteiger charge is -1.99. The topological polar surface area (TPSA) is 76.4 Å². The van der Waals surface area contributed by atoms with Crippen LogP contribution in [0, 0.1) is 6.92 Å². The number of nitrogens with two attached hydrogens (primary N) is 1. The molecule has 1 aromatic rings. The maximum absolute atomic E-state index is 8.42. The van der Waals surface area contributed by atoms with E-state index in [4.69, 9.17) is 10.9 Å². The van der Waals surface area contributed by atoms with Gasteiger partial charge in [0.05, 0.1) is 11.8 Å². The van der Waals surface area contributed by atoms with Crippen LogP contribution >= 0.6 is 0 Å². The molecule has 5 nitrogen and oxygen atoms in total. The van der Waals surface area contributed by atoms with Gasteiger partial charge in [-0.15, -0.1) is 0 Å². The van der Waals surface area contributed by atoms with Crippen molar-refractivity contribution in [2.75, 3.05) is 0 Å². The summed E-state index contributed by atoms with van der Waals surface area (Å²) in [6.45, 7) is 4.64. The van der Waals surface area contributed by atoms with E-state index in [2.05, 4.69) is 10.3 Å². The van der Waals surface area contributed by atoms with Crippen LogP contribution in [-0.4, -0.2) is 20.8 Å². The minimum Gasteiger partial charge on any atom is -0.409 e. The number of hydrogen-bond donors (Lipinski definition) is 2. The van der Waals surface area contributed by atoms with Gasteiger partial charge >= 0.3 is 0 Å². The first-order chi connectivity index (χ1) is 5.70. The van der Waals surface area contributed by atoms with Gasteiger partial charge in [-0.2, -0.15) is 5.10 Å². The zero-order valence-corrected chi connectivity index (χ0v) is 7.15. The lowest BCUT2D eigenvalue weighted by atomic mass is 10.2. The Labute approximate surface area is 70.5 Å². The highest BCUT2D eigenvalue weighted by Gasteiger charge is 2.08. The molecule has 66 valence electrons. The molecule has 0 bridgehead atoms. The maximum Gasteiger partial charge on any atom is 0.173 e. The Hall–Kier alpha value is -1.52. The van der Waals surface area contributed by atoms with Crippen LogP contribution in [0.3, 0.4) is 0 Å². The van der Waals surface area contributed by atoms with Crippen molar-refractivity contribution in [3.05, 3.63) is 17.5 Å². The van der Waals surface area contributed by atoms with E-state index in [1.165, 1.54) is 0 Å². The van der Waals surface area contributed by atoms with E-state index < -0.39 is 0 Å². The molecule has 0 saturated carbocycles. The predicted molar refractivity (Wildman–Crippen MR) is 45.1 cm³/mol. The molecule has 0 unspecified atom stereocenters. The lowest BCUT2D eigenvalue weighted by Crippen LogP contribution is -2.14. The minimum atomic E-state index is 0.104. The fourth-order valence-electron chi connectivity index (χ4n) is 1.07. The number of aromatic nitrogens is 2. The van der Waals surface area contributed by atoms with Gasteiger partial charge in [0, 0.05) is 12.2 Å².